The van der Waals surface area contributed by atoms with Gasteiger partial charge in [-0.1, -0.05) is 24.3 Å². The van der Waals surface area contributed by atoms with Crippen molar-refractivity contribution in [2.45, 2.75) is 26.4 Å². The van der Waals surface area contributed by atoms with E-state index in [0.717, 1.165) is 37.3 Å². The minimum absolute atomic E-state index is 0.0825. The number of carbonyl (C=O) groups excluding carboxylic acids is 1. The Balaban J connectivity index is 1.46. The molecule has 0 bridgehead atoms. The van der Waals surface area contributed by atoms with Gasteiger partial charge in [0.15, 0.2) is 18.1 Å². The van der Waals surface area contributed by atoms with Gasteiger partial charge in [0.2, 0.25) is 0 Å². The maximum absolute atomic E-state index is 12.1. The molecule has 3 aromatic rings. The number of ether oxygens (including phenoxy) is 2. The number of benzene rings is 2. The lowest BCUT2D eigenvalue weighted by Gasteiger charge is -2.14. The standard InChI is InChI=1S/C23H28N4O3/c1-2-29-22-15-19(16-24-11-6-13-27-14-12-25-18-27)9-10-21(22)30-17-23(28)26-20-7-4-3-5-8-20/h3-5,7-10,12,14-15,18,24H,2,6,11,13,16-17H2,1H3,(H,26,28). The lowest BCUT2D eigenvalue weighted by atomic mass is 10.2. The first-order valence-corrected chi connectivity index (χ1v) is 10.1. The van der Waals surface area contributed by atoms with Gasteiger partial charge in [-0.05, 0) is 49.7 Å². The van der Waals surface area contributed by atoms with Gasteiger partial charge in [0, 0.05) is 31.2 Å². The minimum Gasteiger partial charge on any atom is -0.490 e. The van der Waals surface area contributed by atoms with E-state index in [4.69, 9.17) is 9.47 Å². The lowest BCUT2D eigenvalue weighted by molar-refractivity contribution is -0.118. The van der Waals surface area contributed by atoms with Crippen LogP contribution in [0.5, 0.6) is 11.5 Å². The molecule has 2 aromatic carbocycles. The Hall–Kier alpha value is -3.32. The molecule has 158 valence electrons. The molecule has 7 heteroatoms. The molecule has 1 aromatic heterocycles. The molecule has 0 fully saturated rings. The zero-order chi connectivity index (χ0) is 21.0. The summed E-state index contributed by atoms with van der Waals surface area (Å²) in [5.41, 5.74) is 1.84. The van der Waals surface area contributed by atoms with Crippen LogP contribution in [0.4, 0.5) is 5.69 Å². The third kappa shape index (κ3) is 6.93. The van der Waals surface area contributed by atoms with E-state index >= 15 is 0 Å². The van der Waals surface area contributed by atoms with Gasteiger partial charge in [-0.15, -0.1) is 0 Å². The first kappa shape index (κ1) is 21.4. The highest BCUT2D eigenvalue weighted by molar-refractivity contribution is 5.91. The van der Waals surface area contributed by atoms with Crippen LogP contribution in [0.25, 0.3) is 0 Å². The Labute approximate surface area is 177 Å². The van der Waals surface area contributed by atoms with Crippen LogP contribution in [0.15, 0.2) is 67.3 Å². The van der Waals surface area contributed by atoms with E-state index in [1.807, 2.05) is 68.0 Å². The molecule has 3 rings (SSSR count). The van der Waals surface area contributed by atoms with Crippen molar-refractivity contribution >= 4 is 11.6 Å². The average Bonchev–Trinajstić information content (AvgIpc) is 3.27. The molecule has 0 unspecified atom stereocenters. The van der Waals surface area contributed by atoms with Crippen LogP contribution in [0.3, 0.4) is 0 Å². The highest BCUT2D eigenvalue weighted by Gasteiger charge is 2.10. The Morgan fingerprint density at radius 2 is 1.97 bits per heavy atom. The summed E-state index contributed by atoms with van der Waals surface area (Å²) >= 11 is 0. The molecule has 0 radical (unpaired) electrons. The third-order valence-corrected chi connectivity index (χ3v) is 4.38. The van der Waals surface area contributed by atoms with E-state index in [-0.39, 0.29) is 12.5 Å². The van der Waals surface area contributed by atoms with Crippen LogP contribution >= 0.6 is 0 Å². The largest absolute Gasteiger partial charge is 0.490 e. The molecule has 7 nitrogen and oxygen atoms in total. The number of hydrogen-bond acceptors (Lipinski definition) is 5. The second-order valence-corrected chi connectivity index (χ2v) is 6.75. The molecule has 0 spiro atoms. The van der Waals surface area contributed by atoms with Crippen LogP contribution in [0.1, 0.15) is 18.9 Å². The minimum atomic E-state index is -0.215. The maximum atomic E-state index is 12.1. The van der Waals surface area contributed by atoms with Crippen LogP contribution in [-0.4, -0.2) is 35.2 Å². The Morgan fingerprint density at radius 1 is 1.10 bits per heavy atom. The highest BCUT2D eigenvalue weighted by Crippen LogP contribution is 2.28. The predicted molar refractivity (Wildman–Crippen MR) is 117 cm³/mol. The van der Waals surface area contributed by atoms with Crippen molar-refractivity contribution in [1.82, 2.24) is 14.9 Å². The predicted octanol–water partition coefficient (Wildman–Crippen LogP) is 3.48. The van der Waals surface area contributed by atoms with Gasteiger partial charge in [-0.3, -0.25) is 4.79 Å². The fraction of sp³-hybridized carbons (Fsp3) is 0.304. The number of aryl methyl sites for hydroxylation is 1. The quantitative estimate of drug-likeness (QED) is 0.449. The summed E-state index contributed by atoms with van der Waals surface area (Å²) < 4.78 is 13.5. The molecule has 0 aliphatic carbocycles. The number of imidazole rings is 1. The van der Waals surface area contributed by atoms with Gasteiger partial charge in [0.25, 0.3) is 5.91 Å². The van der Waals surface area contributed by atoms with Crippen molar-refractivity contribution in [3.8, 4) is 11.5 Å². The second kappa shape index (κ2) is 11.6. The molecule has 0 saturated heterocycles. The van der Waals surface area contributed by atoms with Gasteiger partial charge in [0.05, 0.1) is 12.9 Å². The first-order valence-electron chi connectivity index (χ1n) is 10.1. The average molecular weight is 409 g/mol. The molecule has 0 aliphatic rings. The number of nitrogens with zero attached hydrogens (tertiary/aromatic N) is 2. The van der Waals surface area contributed by atoms with Crippen LogP contribution < -0.4 is 20.1 Å². The zero-order valence-corrected chi connectivity index (χ0v) is 17.2. The first-order chi connectivity index (χ1) is 14.7. The summed E-state index contributed by atoms with van der Waals surface area (Å²) in [6.45, 7) is 4.94. The van der Waals surface area contributed by atoms with E-state index in [0.29, 0.717) is 18.1 Å². The normalized spacial score (nSPS) is 10.6. The Bertz CT molecular complexity index is 898. The number of rotatable bonds is 12. The van der Waals surface area contributed by atoms with Crippen molar-refractivity contribution in [2.24, 2.45) is 0 Å². The molecule has 1 heterocycles. The SMILES string of the molecule is CCOc1cc(CNCCCn2ccnc2)ccc1OCC(=O)Nc1ccccc1. The molecule has 1 amide bonds. The summed E-state index contributed by atoms with van der Waals surface area (Å²) in [4.78, 5) is 16.2. The maximum Gasteiger partial charge on any atom is 0.262 e. The van der Waals surface area contributed by atoms with Crippen LogP contribution in [0.2, 0.25) is 0 Å². The van der Waals surface area contributed by atoms with Crippen molar-refractivity contribution in [1.29, 1.82) is 0 Å². The number of para-hydroxylation sites is 1. The van der Waals surface area contributed by atoms with Gasteiger partial charge < -0.3 is 24.7 Å². The molecule has 2 N–H and O–H groups in total. The molecular weight excluding hydrogens is 380 g/mol. The van der Waals surface area contributed by atoms with Crippen molar-refractivity contribution < 1.29 is 14.3 Å². The number of hydrogen-bond donors (Lipinski definition) is 2. The molecule has 0 atom stereocenters. The monoisotopic (exact) mass is 408 g/mol. The molecule has 0 saturated carbocycles. The van der Waals surface area contributed by atoms with E-state index < -0.39 is 0 Å². The van der Waals surface area contributed by atoms with Gasteiger partial charge >= 0.3 is 0 Å². The van der Waals surface area contributed by atoms with Crippen molar-refractivity contribution in [3.05, 3.63) is 72.8 Å². The van der Waals surface area contributed by atoms with Gasteiger partial charge in [0.1, 0.15) is 0 Å². The number of anilines is 1. The summed E-state index contributed by atoms with van der Waals surface area (Å²) in [5, 5.41) is 6.24. The highest BCUT2D eigenvalue weighted by atomic mass is 16.5. The van der Waals surface area contributed by atoms with Gasteiger partial charge in [-0.2, -0.15) is 0 Å². The fourth-order valence-corrected chi connectivity index (χ4v) is 2.95. The van der Waals surface area contributed by atoms with Crippen LogP contribution in [-0.2, 0) is 17.9 Å². The molecule has 0 aliphatic heterocycles. The van der Waals surface area contributed by atoms with E-state index in [1.54, 1.807) is 6.20 Å². The van der Waals surface area contributed by atoms with Crippen molar-refractivity contribution in [2.75, 3.05) is 25.1 Å². The third-order valence-electron chi connectivity index (χ3n) is 4.38. The lowest BCUT2D eigenvalue weighted by Crippen LogP contribution is -2.20. The summed E-state index contributed by atoms with van der Waals surface area (Å²) in [6, 6.07) is 15.1. The fourth-order valence-electron chi connectivity index (χ4n) is 2.95. The van der Waals surface area contributed by atoms with E-state index in [2.05, 4.69) is 20.2 Å². The number of amides is 1. The second-order valence-electron chi connectivity index (χ2n) is 6.75. The Kier molecular flexibility index (Phi) is 8.29. The number of nitrogens with one attached hydrogen (secondary N) is 2. The molecular formula is C23H28N4O3. The summed E-state index contributed by atoms with van der Waals surface area (Å²) in [6.07, 6.45) is 6.60. The van der Waals surface area contributed by atoms with Crippen LogP contribution in [0, 0.1) is 0 Å². The van der Waals surface area contributed by atoms with Crippen molar-refractivity contribution in [3.63, 3.8) is 0 Å². The van der Waals surface area contributed by atoms with E-state index in [9.17, 15) is 4.79 Å². The summed E-state index contributed by atoms with van der Waals surface area (Å²) in [7, 11) is 0. The smallest absolute Gasteiger partial charge is 0.262 e. The zero-order valence-electron chi connectivity index (χ0n) is 17.2. The Morgan fingerprint density at radius 3 is 2.73 bits per heavy atom. The number of carbonyl (C=O) groups is 1. The van der Waals surface area contributed by atoms with Gasteiger partial charge in [-0.25, -0.2) is 4.98 Å². The van der Waals surface area contributed by atoms with E-state index in [1.165, 1.54) is 0 Å². The topological polar surface area (TPSA) is 77.4 Å². The summed E-state index contributed by atoms with van der Waals surface area (Å²) in [5.74, 6) is 0.985. The number of aromatic nitrogens is 2. The molecule has 30 heavy (non-hydrogen) atoms.